The molecule has 1 amide bonds. The molecule has 0 aromatic heterocycles. The minimum Gasteiger partial charge on any atom is -0.496 e. The highest BCUT2D eigenvalue weighted by Gasteiger charge is 2.30. The van der Waals surface area contributed by atoms with Crippen LogP contribution in [0.4, 0.5) is 0 Å². The molecule has 2 N–H and O–H groups in total. The Morgan fingerprint density at radius 1 is 1.43 bits per heavy atom. The number of rotatable bonds is 4. The number of nitrogens with zero attached hydrogens (tertiary/aromatic N) is 1. The molecular weight excluding hydrogens is 332 g/mol. The summed E-state index contributed by atoms with van der Waals surface area (Å²) in [7, 11) is 3.50. The Morgan fingerprint density at radius 3 is 2.76 bits per heavy atom. The molecule has 5 heteroatoms. The van der Waals surface area contributed by atoms with Gasteiger partial charge in [-0.25, -0.2) is 0 Å². The molecule has 1 aromatic carbocycles. The van der Waals surface area contributed by atoms with Crippen LogP contribution in [0.1, 0.15) is 36.0 Å². The molecular formula is C16H23BrN2O2. The van der Waals surface area contributed by atoms with E-state index in [9.17, 15) is 4.79 Å². The first-order chi connectivity index (χ1) is 10.1. The van der Waals surface area contributed by atoms with Gasteiger partial charge in [-0.15, -0.1) is 0 Å². The van der Waals surface area contributed by atoms with E-state index in [2.05, 4.69) is 15.9 Å². The van der Waals surface area contributed by atoms with Crippen molar-refractivity contribution in [2.75, 3.05) is 20.7 Å². The fraction of sp³-hybridized carbons (Fsp3) is 0.562. The van der Waals surface area contributed by atoms with Crippen LogP contribution in [0.25, 0.3) is 0 Å². The molecule has 0 saturated heterocycles. The minimum atomic E-state index is 0.0451. The van der Waals surface area contributed by atoms with E-state index in [1.807, 2.05) is 30.1 Å². The number of carbonyl (C=O) groups excluding carboxylic acids is 1. The third kappa shape index (κ3) is 3.58. The highest BCUT2D eigenvalue weighted by atomic mass is 79.9. The van der Waals surface area contributed by atoms with Gasteiger partial charge in [0.25, 0.3) is 5.91 Å². The lowest BCUT2D eigenvalue weighted by Gasteiger charge is -2.37. The van der Waals surface area contributed by atoms with Gasteiger partial charge >= 0.3 is 0 Å². The number of ether oxygens (including phenoxy) is 1. The van der Waals surface area contributed by atoms with E-state index < -0.39 is 0 Å². The van der Waals surface area contributed by atoms with Crippen molar-refractivity contribution in [2.24, 2.45) is 11.7 Å². The van der Waals surface area contributed by atoms with Gasteiger partial charge in [0.2, 0.25) is 0 Å². The van der Waals surface area contributed by atoms with Crippen molar-refractivity contribution in [3.8, 4) is 5.75 Å². The van der Waals surface area contributed by atoms with E-state index in [0.717, 1.165) is 23.1 Å². The average Bonchev–Trinajstić information content (AvgIpc) is 2.53. The quantitative estimate of drug-likeness (QED) is 0.903. The van der Waals surface area contributed by atoms with Crippen LogP contribution in [0, 0.1) is 5.92 Å². The number of halogens is 1. The number of benzene rings is 1. The molecule has 1 aromatic rings. The molecule has 4 nitrogen and oxygen atoms in total. The van der Waals surface area contributed by atoms with Crippen molar-refractivity contribution >= 4 is 21.8 Å². The molecule has 21 heavy (non-hydrogen) atoms. The average molecular weight is 355 g/mol. The summed E-state index contributed by atoms with van der Waals surface area (Å²) >= 11 is 3.43. The second kappa shape index (κ2) is 7.27. The van der Waals surface area contributed by atoms with E-state index in [-0.39, 0.29) is 11.9 Å². The van der Waals surface area contributed by atoms with Gasteiger partial charge in [0.15, 0.2) is 0 Å². The SMILES string of the molecule is COc1ccc(C(=O)N(C)C2CCCCC2CN)cc1Br. The molecule has 2 unspecified atom stereocenters. The number of methoxy groups -OCH3 is 1. The lowest BCUT2D eigenvalue weighted by atomic mass is 9.83. The van der Waals surface area contributed by atoms with Crippen LogP contribution in [-0.4, -0.2) is 37.6 Å². The third-order valence-electron chi connectivity index (χ3n) is 4.39. The maximum absolute atomic E-state index is 12.7. The first-order valence-electron chi connectivity index (χ1n) is 7.39. The van der Waals surface area contributed by atoms with Crippen molar-refractivity contribution in [1.29, 1.82) is 0 Å². The van der Waals surface area contributed by atoms with Crippen molar-refractivity contribution in [3.63, 3.8) is 0 Å². The molecule has 1 aliphatic rings. The zero-order valence-corrected chi connectivity index (χ0v) is 14.2. The van der Waals surface area contributed by atoms with E-state index >= 15 is 0 Å². The Morgan fingerprint density at radius 2 is 2.14 bits per heavy atom. The van der Waals surface area contributed by atoms with Crippen molar-refractivity contribution < 1.29 is 9.53 Å². The van der Waals surface area contributed by atoms with Crippen LogP contribution in [0.3, 0.4) is 0 Å². The monoisotopic (exact) mass is 354 g/mol. The van der Waals surface area contributed by atoms with Gasteiger partial charge in [-0.3, -0.25) is 4.79 Å². The first-order valence-corrected chi connectivity index (χ1v) is 8.18. The summed E-state index contributed by atoms with van der Waals surface area (Å²) in [5.41, 5.74) is 6.54. The number of hydrogen-bond acceptors (Lipinski definition) is 3. The molecule has 1 saturated carbocycles. The van der Waals surface area contributed by atoms with Gasteiger partial charge in [-0.05, 0) is 59.4 Å². The van der Waals surface area contributed by atoms with Crippen LogP contribution in [0.5, 0.6) is 5.75 Å². The predicted octanol–water partition coefficient (Wildman–Crippen LogP) is 3.05. The summed E-state index contributed by atoms with van der Waals surface area (Å²) in [6.07, 6.45) is 4.55. The first kappa shape index (κ1) is 16.3. The summed E-state index contributed by atoms with van der Waals surface area (Å²) in [4.78, 5) is 14.5. The van der Waals surface area contributed by atoms with E-state index in [1.165, 1.54) is 12.8 Å². The summed E-state index contributed by atoms with van der Waals surface area (Å²) in [5.74, 6) is 1.18. The van der Waals surface area contributed by atoms with Crippen LogP contribution < -0.4 is 10.5 Å². The van der Waals surface area contributed by atoms with Gasteiger partial charge in [-0.1, -0.05) is 12.8 Å². The molecule has 0 heterocycles. The van der Waals surface area contributed by atoms with Crippen LogP contribution in [-0.2, 0) is 0 Å². The Balaban J connectivity index is 2.16. The molecule has 0 bridgehead atoms. The molecule has 2 rings (SSSR count). The van der Waals surface area contributed by atoms with Crippen LogP contribution >= 0.6 is 15.9 Å². The smallest absolute Gasteiger partial charge is 0.253 e. The van der Waals surface area contributed by atoms with E-state index in [0.29, 0.717) is 18.0 Å². The summed E-state index contributed by atoms with van der Waals surface area (Å²) < 4.78 is 6.00. The summed E-state index contributed by atoms with van der Waals surface area (Å²) in [6.45, 7) is 0.647. The zero-order chi connectivity index (χ0) is 15.4. The van der Waals surface area contributed by atoms with Gasteiger partial charge in [0.05, 0.1) is 11.6 Å². The highest BCUT2D eigenvalue weighted by Crippen LogP contribution is 2.30. The zero-order valence-electron chi connectivity index (χ0n) is 12.6. The molecule has 2 atom stereocenters. The van der Waals surface area contributed by atoms with Gasteiger partial charge in [0, 0.05) is 18.7 Å². The second-order valence-electron chi connectivity index (χ2n) is 5.61. The van der Waals surface area contributed by atoms with Gasteiger partial charge in [0.1, 0.15) is 5.75 Å². The maximum Gasteiger partial charge on any atom is 0.253 e. The van der Waals surface area contributed by atoms with Gasteiger partial charge in [-0.2, -0.15) is 0 Å². The normalized spacial score (nSPS) is 21.9. The van der Waals surface area contributed by atoms with Crippen molar-refractivity contribution in [3.05, 3.63) is 28.2 Å². The van der Waals surface area contributed by atoms with E-state index in [4.69, 9.17) is 10.5 Å². The number of nitrogens with two attached hydrogens (primary N) is 1. The third-order valence-corrected chi connectivity index (χ3v) is 5.01. The van der Waals surface area contributed by atoms with Crippen LogP contribution in [0.2, 0.25) is 0 Å². The lowest BCUT2D eigenvalue weighted by molar-refractivity contribution is 0.0620. The lowest BCUT2D eigenvalue weighted by Crippen LogP contribution is -2.45. The largest absolute Gasteiger partial charge is 0.496 e. The molecule has 0 aliphatic heterocycles. The number of hydrogen-bond donors (Lipinski definition) is 1. The van der Waals surface area contributed by atoms with Gasteiger partial charge < -0.3 is 15.4 Å². The number of carbonyl (C=O) groups is 1. The van der Waals surface area contributed by atoms with E-state index in [1.54, 1.807) is 7.11 Å². The van der Waals surface area contributed by atoms with Crippen LogP contribution in [0.15, 0.2) is 22.7 Å². The Bertz CT molecular complexity index is 507. The molecule has 0 spiro atoms. The Kier molecular flexibility index (Phi) is 5.65. The molecule has 1 aliphatic carbocycles. The minimum absolute atomic E-state index is 0.0451. The summed E-state index contributed by atoms with van der Waals surface area (Å²) in [5, 5.41) is 0. The second-order valence-corrected chi connectivity index (χ2v) is 6.47. The Labute approximate surface area is 134 Å². The maximum atomic E-state index is 12.7. The standard InChI is InChI=1S/C16H23BrN2O2/c1-19(14-6-4-3-5-12(14)10-18)16(20)11-7-8-15(21-2)13(17)9-11/h7-9,12,14H,3-6,10,18H2,1-2H3. The topological polar surface area (TPSA) is 55.6 Å². The highest BCUT2D eigenvalue weighted by molar-refractivity contribution is 9.10. The van der Waals surface area contributed by atoms with Crippen molar-refractivity contribution in [2.45, 2.75) is 31.7 Å². The molecule has 1 fully saturated rings. The fourth-order valence-electron chi connectivity index (χ4n) is 3.13. The molecule has 116 valence electrons. The molecule has 0 radical (unpaired) electrons. The fourth-order valence-corrected chi connectivity index (χ4v) is 3.67. The Hall–Kier alpha value is -1.07. The predicted molar refractivity (Wildman–Crippen MR) is 87.6 cm³/mol. The summed E-state index contributed by atoms with van der Waals surface area (Å²) in [6, 6.07) is 5.68. The van der Waals surface area contributed by atoms with Crippen molar-refractivity contribution in [1.82, 2.24) is 4.90 Å². The number of amides is 1.